The number of carbonyl (C=O) groups is 1. The van der Waals surface area contributed by atoms with Gasteiger partial charge in [0.2, 0.25) is 11.6 Å². The van der Waals surface area contributed by atoms with Crippen molar-refractivity contribution in [2.24, 2.45) is 11.7 Å². The van der Waals surface area contributed by atoms with Crippen LogP contribution in [-0.2, 0) is 16.3 Å². The predicted molar refractivity (Wildman–Crippen MR) is 137 cm³/mol. The van der Waals surface area contributed by atoms with Gasteiger partial charge in [0.1, 0.15) is 12.1 Å². The zero-order valence-electron chi connectivity index (χ0n) is 20.7. The zero-order chi connectivity index (χ0) is 28.3. The topological polar surface area (TPSA) is 188 Å². The second-order valence-corrected chi connectivity index (χ2v) is 9.55. The van der Waals surface area contributed by atoms with Gasteiger partial charge in [0.05, 0.1) is 15.7 Å². The molecule has 0 amide bonds. The summed E-state index contributed by atoms with van der Waals surface area (Å²) < 4.78 is 12.6. The number of benzene rings is 1. The van der Waals surface area contributed by atoms with Crippen molar-refractivity contribution >= 4 is 29.2 Å². The smallest absolute Gasteiger partial charge is 0.349 e. The molecule has 0 aliphatic rings. The molecule has 0 radical (unpaired) electrons. The van der Waals surface area contributed by atoms with Crippen LogP contribution in [0.1, 0.15) is 44.9 Å². The van der Waals surface area contributed by atoms with Crippen molar-refractivity contribution < 1.29 is 14.3 Å². The number of nitrogens with two attached hydrogens (primary N) is 1. The number of halogens is 2. The first-order valence-electron chi connectivity index (χ1n) is 11.2. The largest absolute Gasteiger partial charge is 0.441 e. The van der Waals surface area contributed by atoms with Crippen molar-refractivity contribution in [2.45, 2.75) is 46.4 Å². The highest BCUT2D eigenvalue weighted by atomic mass is 35.5. The van der Waals surface area contributed by atoms with Crippen molar-refractivity contribution in [1.29, 1.82) is 5.26 Å². The van der Waals surface area contributed by atoms with E-state index in [4.69, 9.17) is 43.7 Å². The van der Waals surface area contributed by atoms with Gasteiger partial charge in [-0.15, -0.1) is 10.2 Å². The summed E-state index contributed by atoms with van der Waals surface area (Å²) in [6, 6.07) is 4.64. The Morgan fingerprint density at radius 3 is 2.32 bits per heavy atom. The van der Waals surface area contributed by atoms with Gasteiger partial charge in [-0.25, -0.2) is 4.79 Å². The van der Waals surface area contributed by atoms with E-state index in [9.17, 15) is 19.2 Å². The SMILES string of the molecule is CC(C)c1cc(Oc2c(Cl)cc(-n3nc(C#N)c(=O)[nH]c3=O)cc2Cl)nn(COC(=O)[C@@H](N)C(C)C)c1=O. The van der Waals surface area contributed by atoms with Gasteiger partial charge < -0.3 is 15.2 Å². The Morgan fingerprint density at radius 1 is 1.13 bits per heavy atom. The molecule has 0 saturated heterocycles. The number of H-pyrrole nitrogens is 1. The number of aromatic amines is 1. The summed E-state index contributed by atoms with van der Waals surface area (Å²) in [5.41, 5.74) is 3.26. The van der Waals surface area contributed by atoms with Crippen LogP contribution in [0.15, 0.2) is 32.6 Å². The zero-order valence-corrected chi connectivity index (χ0v) is 22.2. The second-order valence-electron chi connectivity index (χ2n) is 8.73. The van der Waals surface area contributed by atoms with E-state index >= 15 is 0 Å². The number of hydrogen-bond acceptors (Lipinski definition) is 10. The van der Waals surface area contributed by atoms with Crippen molar-refractivity contribution in [2.75, 3.05) is 0 Å². The highest BCUT2D eigenvalue weighted by Crippen LogP contribution is 2.37. The van der Waals surface area contributed by atoms with Crippen LogP contribution in [0.3, 0.4) is 0 Å². The third-order valence-corrected chi connectivity index (χ3v) is 5.85. The number of nitrogens with one attached hydrogen (secondary N) is 1. The number of rotatable bonds is 8. The van der Waals surface area contributed by atoms with Gasteiger partial charge in [-0.05, 0) is 24.0 Å². The fourth-order valence-electron chi connectivity index (χ4n) is 3.10. The average Bonchev–Trinajstić information content (AvgIpc) is 2.85. The Balaban J connectivity index is 1.99. The molecule has 3 N–H and O–H groups in total. The maximum absolute atomic E-state index is 12.9. The molecule has 200 valence electrons. The third-order valence-electron chi connectivity index (χ3n) is 5.29. The molecule has 0 saturated carbocycles. The molecular weight excluding hydrogens is 541 g/mol. The van der Waals surface area contributed by atoms with E-state index in [-0.39, 0.29) is 39.2 Å². The molecule has 1 aromatic carbocycles. The molecule has 2 aromatic heterocycles. The maximum atomic E-state index is 12.9. The van der Waals surface area contributed by atoms with Gasteiger partial charge in [-0.2, -0.15) is 14.6 Å². The van der Waals surface area contributed by atoms with E-state index in [1.807, 2.05) is 4.98 Å². The van der Waals surface area contributed by atoms with E-state index in [1.54, 1.807) is 33.8 Å². The third kappa shape index (κ3) is 6.10. The number of esters is 1. The van der Waals surface area contributed by atoms with E-state index in [1.165, 1.54) is 18.2 Å². The first-order chi connectivity index (χ1) is 17.8. The van der Waals surface area contributed by atoms with E-state index in [2.05, 4.69) is 10.2 Å². The number of ether oxygens (including phenoxy) is 2. The lowest BCUT2D eigenvalue weighted by Crippen LogP contribution is -2.38. The Labute approximate surface area is 225 Å². The van der Waals surface area contributed by atoms with Crippen molar-refractivity contribution in [3.63, 3.8) is 0 Å². The fourth-order valence-corrected chi connectivity index (χ4v) is 3.65. The molecule has 15 heteroatoms. The van der Waals surface area contributed by atoms with Gasteiger partial charge >= 0.3 is 11.7 Å². The summed E-state index contributed by atoms with van der Waals surface area (Å²) in [6.45, 7) is 6.58. The Morgan fingerprint density at radius 2 is 1.76 bits per heavy atom. The lowest BCUT2D eigenvalue weighted by atomic mass is 10.1. The average molecular weight is 564 g/mol. The van der Waals surface area contributed by atoms with E-state index < -0.39 is 41.2 Å². The molecule has 3 rings (SSSR count). The van der Waals surface area contributed by atoms with Gasteiger partial charge in [-0.1, -0.05) is 50.9 Å². The van der Waals surface area contributed by atoms with Crippen LogP contribution < -0.4 is 27.3 Å². The molecule has 0 spiro atoms. The standard InChI is InChI=1S/C23H23Cl2N7O6/c1-10(2)13-7-17(30-31(21(13)34)9-37-22(35)18(27)11(3)4)38-19-14(24)5-12(6-15(19)25)32-23(36)28-20(33)16(8-26)29-32/h5-7,10-11,18H,9,27H2,1-4H3,(H,28,33,36)/t18-/m0/s1. The summed E-state index contributed by atoms with van der Waals surface area (Å²) in [4.78, 5) is 50.8. The number of nitriles is 1. The molecule has 3 aromatic rings. The van der Waals surface area contributed by atoms with Crippen molar-refractivity contribution in [1.82, 2.24) is 24.5 Å². The fraction of sp³-hybridized carbons (Fsp3) is 0.348. The Kier molecular flexibility index (Phi) is 8.72. The number of carbonyl (C=O) groups excluding carboxylic acids is 1. The second kappa shape index (κ2) is 11.6. The van der Waals surface area contributed by atoms with Gasteiger partial charge in [0, 0.05) is 11.6 Å². The molecule has 0 aliphatic heterocycles. The molecule has 13 nitrogen and oxygen atoms in total. The van der Waals surface area contributed by atoms with Crippen molar-refractivity contribution in [3.05, 3.63) is 70.7 Å². The molecule has 0 unspecified atom stereocenters. The lowest BCUT2D eigenvalue weighted by molar-refractivity contribution is -0.150. The van der Waals surface area contributed by atoms with E-state index in [0.717, 1.165) is 9.36 Å². The number of nitrogens with zero attached hydrogens (tertiary/aromatic N) is 5. The maximum Gasteiger partial charge on any atom is 0.349 e. The van der Waals surface area contributed by atoms with Crippen LogP contribution in [0.2, 0.25) is 10.0 Å². The number of aromatic nitrogens is 5. The van der Waals surface area contributed by atoms with Crippen LogP contribution in [0.4, 0.5) is 0 Å². The monoisotopic (exact) mass is 563 g/mol. The summed E-state index contributed by atoms with van der Waals surface area (Å²) in [5.74, 6) is -1.26. The first kappa shape index (κ1) is 28.6. The van der Waals surface area contributed by atoms with Crippen LogP contribution in [0.25, 0.3) is 5.69 Å². The quantitative estimate of drug-likeness (QED) is 0.383. The predicted octanol–water partition coefficient (Wildman–Crippen LogP) is 2.06. The summed E-state index contributed by atoms with van der Waals surface area (Å²) in [5, 5.41) is 16.7. The molecule has 0 bridgehead atoms. The van der Waals surface area contributed by atoms with Crippen LogP contribution in [-0.4, -0.2) is 36.6 Å². The minimum atomic E-state index is -0.940. The summed E-state index contributed by atoms with van der Waals surface area (Å²) in [7, 11) is 0. The first-order valence-corrected chi connectivity index (χ1v) is 11.9. The van der Waals surface area contributed by atoms with Crippen LogP contribution in [0.5, 0.6) is 11.6 Å². The summed E-state index contributed by atoms with van der Waals surface area (Å²) >= 11 is 12.7. The normalized spacial score (nSPS) is 11.9. The Bertz CT molecular complexity index is 1580. The minimum absolute atomic E-state index is 0.0410. The van der Waals surface area contributed by atoms with Gasteiger partial charge in [0.15, 0.2) is 12.5 Å². The van der Waals surface area contributed by atoms with Gasteiger partial charge in [0.25, 0.3) is 11.1 Å². The highest BCUT2D eigenvalue weighted by Gasteiger charge is 2.21. The molecule has 38 heavy (non-hydrogen) atoms. The van der Waals surface area contributed by atoms with Crippen molar-refractivity contribution in [3.8, 4) is 23.4 Å². The van der Waals surface area contributed by atoms with Crippen LogP contribution in [0, 0.1) is 17.2 Å². The van der Waals surface area contributed by atoms with E-state index in [0.29, 0.717) is 5.56 Å². The number of hydrogen-bond donors (Lipinski definition) is 2. The molecular formula is C23H23Cl2N7O6. The molecule has 0 fully saturated rings. The molecule has 0 aliphatic carbocycles. The lowest BCUT2D eigenvalue weighted by Gasteiger charge is -2.17. The van der Waals surface area contributed by atoms with Gasteiger partial charge in [-0.3, -0.25) is 19.4 Å². The summed E-state index contributed by atoms with van der Waals surface area (Å²) in [6.07, 6.45) is 0. The molecule has 2 heterocycles. The van der Waals surface area contributed by atoms with Crippen LogP contribution >= 0.6 is 23.2 Å². The highest BCUT2D eigenvalue weighted by molar-refractivity contribution is 6.37. The Hall–Kier alpha value is -3.99. The minimum Gasteiger partial charge on any atom is -0.441 e. The molecule has 1 atom stereocenters.